The second-order valence-corrected chi connectivity index (χ2v) is 3.93. The lowest BCUT2D eigenvalue weighted by Crippen LogP contribution is -2.48. The zero-order valence-electron chi connectivity index (χ0n) is 10.7. The number of nitrogens with one attached hydrogen (secondary N) is 1. The highest BCUT2D eigenvalue weighted by Crippen LogP contribution is 2.13. The molecule has 3 N–H and O–H groups in total. The standard InChI is InChI=1S/C13H18N2O4/c1-2-15(10-6-4-3-5-7-10)13(19)14-11(8-9-16)12(17)18/h3-7,11,16H,2,8-9H2,1H3,(H,14,19)(H,17,18). The first-order valence-corrected chi connectivity index (χ1v) is 6.06. The maximum absolute atomic E-state index is 12.0. The second kappa shape index (κ2) is 7.38. The van der Waals surface area contributed by atoms with Crippen LogP contribution in [0.2, 0.25) is 0 Å². The number of benzene rings is 1. The first kappa shape index (κ1) is 15.0. The lowest BCUT2D eigenvalue weighted by molar-refractivity contribution is -0.139. The Kier molecular flexibility index (Phi) is 5.81. The molecule has 1 rings (SSSR count). The third kappa shape index (κ3) is 4.26. The summed E-state index contributed by atoms with van der Waals surface area (Å²) in [5.74, 6) is -1.16. The summed E-state index contributed by atoms with van der Waals surface area (Å²) in [4.78, 5) is 24.4. The molecule has 2 amide bonds. The van der Waals surface area contributed by atoms with Crippen molar-refractivity contribution in [1.82, 2.24) is 5.32 Å². The summed E-state index contributed by atoms with van der Waals surface area (Å²) in [6, 6.07) is 7.39. The smallest absolute Gasteiger partial charge is 0.326 e. The van der Waals surface area contributed by atoms with Crippen molar-refractivity contribution in [2.75, 3.05) is 18.1 Å². The van der Waals surface area contributed by atoms with Gasteiger partial charge in [0, 0.05) is 25.3 Å². The van der Waals surface area contributed by atoms with Gasteiger partial charge in [-0.25, -0.2) is 9.59 Å². The largest absolute Gasteiger partial charge is 0.480 e. The molecular weight excluding hydrogens is 248 g/mol. The number of carbonyl (C=O) groups excluding carboxylic acids is 1. The minimum absolute atomic E-state index is 0.0204. The van der Waals surface area contributed by atoms with Crippen molar-refractivity contribution in [3.05, 3.63) is 30.3 Å². The van der Waals surface area contributed by atoms with Crippen molar-refractivity contribution < 1.29 is 19.8 Å². The van der Waals surface area contributed by atoms with Crippen LogP contribution in [0.5, 0.6) is 0 Å². The number of rotatable bonds is 6. The van der Waals surface area contributed by atoms with Crippen LogP contribution in [0, 0.1) is 0 Å². The van der Waals surface area contributed by atoms with Crippen LogP contribution < -0.4 is 10.2 Å². The fourth-order valence-corrected chi connectivity index (χ4v) is 1.66. The van der Waals surface area contributed by atoms with E-state index in [1.54, 1.807) is 31.2 Å². The van der Waals surface area contributed by atoms with Gasteiger partial charge in [0.15, 0.2) is 0 Å². The van der Waals surface area contributed by atoms with E-state index in [9.17, 15) is 9.59 Å². The molecule has 1 unspecified atom stereocenters. The van der Waals surface area contributed by atoms with Gasteiger partial charge in [-0.3, -0.25) is 4.90 Å². The molecule has 0 aliphatic rings. The van der Waals surface area contributed by atoms with Crippen molar-refractivity contribution in [2.24, 2.45) is 0 Å². The third-order valence-electron chi connectivity index (χ3n) is 2.64. The number of amides is 2. The molecular formula is C13H18N2O4. The van der Waals surface area contributed by atoms with Crippen LogP contribution in [0.1, 0.15) is 13.3 Å². The molecule has 1 atom stereocenters. The highest BCUT2D eigenvalue weighted by molar-refractivity contribution is 5.94. The van der Waals surface area contributed by atoms with Gasteiger partial charge in [-0.05, 0) is 19.1 Å². The minimum Gasteiger partial charge on any atom is -0.480 e. The number of urea groups is 1. The number of carbonyl (C=O) groups is 2. The van der Waals surface area contributed by atoms with Gasteiger partial charge in [0.2, 0.25) is 0 Å². The molecule has 1 aromatic rings. The lowest BCUT2D eigenvalue weighted by Gasteiger charge is -2.23. The predicted octanol–water partition coefficient (Wildman–Crippen LogP) is 1.06. The highest BCUT2D eigenvalue weighted by atomic mass is 16.4. The number of para-hydroxylation sites is 1. The van der Waals surface area contributed by atoms with Crippen LogP contribution in [-0.2, 0) is 4.79 Å². The summed E-state index contributed by atoms with van der Waals surface area (Å²) in [6.45, 7) is 1.92. The molecule has 0 saturated heterocycles. The Morgan fingerprint density at radius 1 is 1.32 bits per heavy atom. The number of hydrogen-bond acceptors (Lipinski definition) is 3. The minimum atomic E-state index is -1.16. The molecule has 6 heteroatoms. The van der Waals surface area contributed by atoms with Crippen LogP contribution in [-0.4, -0.2) is 41.4 Å². The summed E-state index contributed by atoms with van der Waals surface area (Å²) in [5, 5.41) is 20.1. The first-order chi connectivity index (χ1) is 9.10. The summed E-state index contributed by atoms with van der Waals surface area (Å²) in [5.41, 5.74) is 0.690. The number of anilines is 1. The van der Waals surface area contributed by atoms with Gasteiger partial charge in [0.05, 0.1) is 0 Å². The van der Waals surface area contributed by atoms with E-state index in [-0.39, 0.29) is 13.0 Å². The lowest BCUT2D eigenvalue weighted by atomic mass is 10.2. The average molecular weight is 266 g/mol. The SMILES string of the molecule is CCN(C(=O)NC(CCO)C(=O)O)c1ccccc1. The summed E-state index contributed by atoms with van der Waals surface area (Å²) in [6.07, 6.45) is -0.0204. The Morgan fingerprint density at radius 2 is 1.95 bits per heavy atom. The summed E-state index contributed by atoms with van der Waals surface area (Å²) >= 11 is 0. The monoisotopic (exact) mass is 266 g/mol. The van der Waals surface area contributed by atoms with Gasteiger partial charge in [-0.1, -0.05) is 18.2 Å². The van der Waals surface area contributed by atoms with Crippen molar-refractivity contribution in [1.29, 1.82) is 0 Å². The molecule has 0 aliphatic carbocycles. The quantitative estimate of drug-likeness (QED) is 0.718. The zero-order valence-corrected chi connectivity index (χ0v) is 10.7. The van der Waals surface area contributed by atoms with E-state index in [4.69, 9.17) is 10.2 Å². The van der Waals surface area contributed by atoms with E-state index >= 15 is 0 Å². The van der Waals surface area contributed by atoms with Crippen molar-refractivity contribution in [3.63, 3.8) is 0 Å². The van der Waals surface area contributed by atoms with Crippen molar-refractivity contribution >= 4 is 17.7 Å². The van der Waals surface area contributed by atoms with Crippen LogP contribution >= 0.6 is 0 Å². The predicted molar refractivity (Wildman–Crippen MR) is 71.1 cm³/mol. The van der Waals surface area contributed by atoms with Crippen molar-refractivity contribution in [2.45, 2.75) is 19.4 Å². The number of hydrogen-bond donors (Lipinski definition) is 3. The fourth-order valence-electron chi connectivity index (χ4n) is 1.66. The number of carboxylic acid groups (broad SMARTS) is 1. The zero-order chi connectivity index (χ0) is 14.3. The molecule has 0 heterocycles. The van der Waals surface area contributed by atoms with E-state index in [0.717, 1.165) is 0 Å². The normalized spacial score (nSPS) is 11.7. The second-order valence-electron chi connectivity index (χ2n) is 3.93. The Hall–Kier alpha value is -2.08. The summed E-state index contributed by atoms with van der Waals surface area (Å²) in [7, 11) is 0. The van der Waals surface area contributed by atoms with Gasteiger partial charge in [-0.15, -0.1) is 0 Å². The number of aliphatic hydroxyl groups excluding tert-OH is 1. The highest BCUT2D eigenvalue weighted by Gasteiger charge is 2.22. The number of aliphatic carboxylic acids is 1. The molecule has 1 aromatic carbocycles. The molecule has 6 nitrogen and oxygen atoms in total. The molecule has 0 fully saturated rings. The first-order valence-electron chi connectivity index (χ1n) is 6.06. The molecule has 0 radical (unpaired) electrons. The van der Waals surface area contributed by atoms with Crippen LogP contribution in [0.15, 0.2) is 30.3 Å². The van der Waals surface area contributed by atoms with Gasteiger partial charge in [0.1, 0.15) is 6.04 Å². The Labute approximate surface area is 111 Å². The fraction of sp³-hybridized carbons (Fsp3) is 0.385. The topological polar surface area (TPSA) is 89.9 Å². The maximum Gasteiger partial charge on any atom is 0.326 e. The van der Waals surface area contributed by atoms with Crippen LogP contribution in [0.25, 0.3) is 0 Å². The number of nitrogens with zero attached hydrogens (tertiary/aromatic N) is 1. The van der Waals surface area contributed by atoms with Gasteiger partial charge < -0.3 is 15.5 Å². The van der Waals surface area contributed by atoms with E-state index < -0.39 is 18.0 Å². The molecule has 0 bridgehead atoms. The average Bonchev–Trinajstić information content (AvgIpc) is 2.40. The molecule has 0 aromatic heterocycles. The number of carboxylic acids is 1. The third-order valence-corrected chi connectivity index (χ3v) is 2.64. The maximum atomic E-state index is 12.0. The van der Waals surface area contributed by atoms with Gasteiger partial charge >= 0.3 is 12.0 Å². The van der Waals surface area contributed by atoms with Crippen molar-refractivity contribution in [3.8, 4) is 0 Å². The van der Waals surface area contributed by atoms with E-state index in [2.05, 4.69) is 5.32 Å². The van der Waals surface area contributed by atoms with Gasteiger partial charge in [0.25, 0.3) is 0 Å². The molecule has 0 spiro atoms. The molecule has 0 saturated carbocycles. The van der Waals surface area contributed by atoms with Crippen LogP contribution in [0.3, 0.4) is 0 Å². The molecule has 19 heavy (non-hydrogen) atoms. The molecule has 0 aliphatic heterocycles. The van der Waals surface area contributed by atoms with Crippen LogP contribution in [0.4, 0.5) is 10.5 Å². The van der Waals surface area contributed by atoms with E-state index in [1.165, 1.54) is 4.90 Å². The number of aliphatic hydroxyl groups is 1. The van der Waals surface area contributed by atoms with E-state index in [0.29, 0.717) is 12.2 Å². The molecule has 104 valence electrons. The Balaban J connectivity index is 2.76. The van der Waals surface area contributed by atoms with E-state index in [1.807, 2.05) is 6.07 Å². The Bertz CT molecular complexity index is 422. The Morgan fingerprint density at radius 3 is 2.42 bits per heavy atom. The van der Waals surface area contributed by atoms with Gasteiger partial charge in [-0.2, -0.15) is 0 Å². The summed E-state index contributed by atoms with van der Waals surface area (Å²) < 4.78 is 0.